The highest BCUT2D eigenvalue weighted by atomic mass is 35.5. The zero-order valence-electron chi connectivity index (χ0n) is 19.0. The van der Waals surface area contributed by atoms with E-state index in [-0.39, 0.29) is 39.7 Å². The Hall–Kier alpha value is -4.21. The molecular weight excluding hydrogens is 502 g/mol. The number of thiocarbonyl (C=S) groups is 1. The number of ether oxygens (including phenoxy) is 2. The summed E-state index contributed by atoms with van der Waals surface area (Å²) in [6.45, 7) is -0.310. The largest absolute Gasteiger partial charge is 0.493 e. The summed E-state index contributed by atoms with van der Waals surface area (Å²) in [4.78, 5) is 39.2. The van der Waals surface area contributed by atoms with Crippen LogP contribution in [0.1, 0.15) is 5.56 Å². The van der Waals surface area contributed by atoms with Crippen LogP contribution in [0, 0.1) is 0 Å². The smallest absolute Gasteiger partial charge is 0.270 e. The minimum atomic E-state index is -0.634. The number of nitrogens with zero attached hydrogens (tertiary/aromatic N) is 1. The summed E-state index contributed by atoms with van der Waals surface area (Å²) in [5.41, 5.74) is 1.43. The summed E-state index contributed by atoms with van der Waals surface area (Å²) in [6.07, 6.45) is 1.38. The fraction of sp³-hybridized carbons (Fsp3) is 0.0769. The number of amides is 3. The maximum atomic E-state index is 13.2. The molecule has 182 valence electrons. The van der Waals surface area contributed by atoms with E-state index < -0.39 is 11.8 Å². The van der Waals surface area contributed by atoms with Crippen LogP contribution in [-0.2, 0) is 14.4 Å². The van der Waals surface area contributed by atoms with E-state index in [0.29, 0.717) is 16.9 Å². The van der Waals surface area contributed by atoms with E-state index in [0.717, 1.165) is 0 Å². The SMILES string of the molecule is COc1cc(/C=C2/C(=O)NC(=S)N(c3ccccc3)C2=O)cc(Cl)c1OCC(=O)Nc1ccccc1. The van der Waals surface area contributed by atoms with E-state index in [2.05, 4.69) is 10.6 Å². The molecule has 0 aromatic heterocycles. The molecule has 8 nitrogen and oxygen atoms in total. The molecule has 1 saturated heterocycles. The fourth-order valence-corrected chi connectivity index (χ4v) is 4.01. The van der Waals surface area contributed by atoms with Crippen molar-refractivity contribution in [3.05, 3.63) is 89.0 Å². The zero-order chi connectivity index (χ0) is 25.7. The predicted octanol–water partition coefficient (Wildman–Crippen LogP) is 4.20. The van der Waals surface area contributed by atoms with Gasteiger partial charge in [-0.1, -0.05) is 48.0 Å². The lowest BCUT2D eigenvalue weighted by atomic mass is 10.1. The third-order valence-electron chi connectivity index (χ3n) is 5.08. The van der Waals surface area contributed by atoms with Crippen LogP contribution in [0.4, 0.5) is 11.4 Å². The van der Waals surface area contributed by atoms with Gasteiger partial charge in [0.25, 0.3) is 17.7 Å². The first-order chi connectivity index (χ1) is 17.4. The van der Waals surface area contributed by atoms with Crippen molar-refractivity contribution < 1.29 is 23.9 Å². The van der Waals surface area contributed by atoms with Gasteiger partial charge in [-0.25, -0.2) is 0 Å². The number of carbonyl (C=O) groups excluding carboxylic acids is 3. The lowest BCUT2D eigenvalue weighted by molar-refractivity contribution is -0.122. The topological polar surface area (TPSA) is 97.0 Å². The van der Waals surface area contributed by atoms with E-state index in [4.69, 9.17) is 33.3 Å². The van der Waals surface area contributed by atoms with Gasteiger partial charge in [-0.15, -0.1) is 0 Å². The molecule has 0 radical (unpaired) electrons. The number of methoxy groups -OCH3 is 1. The molecule has 36 heavy (non-hydrogen) atoms. The second-order valence-electron chi connectivity index (χ2n) is 7.53. The molecule has 1 fully saturated rings. The summed E-state index contributed by atoms with van der Waals surface area (Å²) < 4.78 is 11.0. The van der Waals surface area contributed by atoms with E-state index in [9.17, 15) is 14.4 Å². The number of carbonyl (C=O) groups is 3. The van der Waals surface area contributed by atoms with Gasteiger partial charge in [-0.2, -0.15) is 0 Å². The highest BCUT2D eigenvalue weighted by Gasteiger charge is 2.34. The number of hydrogen-bond acceptors (Lipinski definition) is 6. The monoisotopic (exact) mass is 521 g/mol. The van der Waals surface area contributed by atoms with Gasteiger partial charge < -0.3 is 14.8 Å². The Bertz CT molecular complexity index is 1360. The average molecular weight is 522 g/mol. The molecule has 3 aromatic carbocycles. The van der Waals surface area contributed by atoms with Crippen molar-refractivity contribution in [2.24, 2.45) is 0 Å². The van der Waals surface area contributed by atoms with E-state index in [1.54, 1.807) is 60.7 Å². The number of rotatable bonds is 7. The van der Waals surface area contributed by atoms with Gasteiger partial charge in [0.2, 0.25) is 0 Å². The molecule has 2 N–H and O–H groups in total. The molecule has 0 aliphatic carbocycles. The standard InChI is InChI=1S/C26H20ClN3O5S/c1-34-21-14-16(13-20(27)23(21)35-15-22(31)28-17-8-4-2-5-9-17)12-19-24(32)29-26(36)30(25(19)33)18-10-6-3-7-11-18/h2-14H,15H2,1H3,(H,28,31)(H,29,32,36)/b19-12-. The van der Waals surface area contributed by atoms with Crippen molar-refractivity contribution in [3.63, 3.8) is 0 Å². The van der Waals surface area contributed by atoms with Crippen LogP contribution in [0.5, 0.6) is 11.5 Å². The summed E-state index contributed by atoms with van der Waals surface area (Å²) in [5, 5.41) is 5.36. The van der Waals surface area contributed by atoms with Crippen LogP contribution < -0.4 is 25.0 Å². The van der Waals surface area contributed by atoms with Crippen molar-refractivity contribution in [1.82, 2.24) is 5.32 Å². The first kappa shape index (κ1) is 24.9. The van der Waals surface area contributed by atoms with E-state index >= 15 is 0 Å². The van der Waals surface area contributed by atoms with Gasteiger partial charge in [-0.05, 0) is 60.3 Å². The second kappa shape index (κ2) is 11.0. The molecule has 1 heterocycles. The molecule has 4 rings (SSSR count). The molecule has 0 bridgehead atoms. The van der Waals surface area contributed by atoms with Crippen LogP contribution in [-0.4, -0.2) is 36.6 Å². The molecule has 3 aromatic rings. The Morgan fingerprint density at radius 2 is 1.75 bits per heavy atom. The zero-order valence-corrected chi connectivity index (χ0v) is 20.6. The maximum Gasteiger partial charge on any atom is 0.270 e. The molecule has 1 aliphatic rings. The Morgan fingerprint density at radius 1 is 1.08 bits per heavy atom. The third kappa shape index (κ3) is 5.54. The number of nitrogens with one attached hydrogen (secondary N) is 2. The Kier molecular flexibility index (Phi) is 7.62. The summed E-state index contributed by atoms with van der Waals surface area (Å²) >= 11 is 11.6. The molecule has 3 amide bonds. The summed E-state index contributed by atoms with van der Waals surface area (Å²) in [6, 6.07) is 20.7. The first-order valence-electron chi connectivity index (χ1n) is 10.7. The Balaban J connectivity index is 1.56. The van der Waals surface area contributed by atoms with Gasteiger partial charge >= 0.3 is 0 Å². The lowest BCUT2D eigenvalue weighted by Crippen LogP contribution is -2.54. The minimum absolute atomic E-state index is 0.0125. The molecule has 0 atom stereocenters. The predicted molar refractivity (Wildman–Crippen MR) is 141 cm³/mol. The highest BCUT2D eigenvalue weighted by Crippen LogP contribution is 2.37. The van der Waals surface area contributed by atoms with Gasteiger partial charge in [0, 0.05) is 5.69 Å². The van der Waals surface area contributed by atoms with Crippen LogP contribution in [0.15, 0.2) is 78.4 Å². The second-order valence-corrected chi connectivity index (χ2v) is 8.32. The molecule has 0 spiro atoms. The molecule has 0 saturated carbocycles. The quantitative estimate of drug-likeness (QED) is 0.275. The number of hydrogen-bond donors (Lipinski definition) is 2. The van der Waals surface area contributed by atoms with Gasteiger partial charge in [-0.3, -0.25) is 24.6 Å². The van der Waals surface area contributed by atoms with Gasteiger partial charge in [0.15, 0.2) is 23.2 Å². The average Bonchev–Trinajstić information content (AvgIpc) is 2.86. The van der Waals surface area contributed by atoms with Crippen molar-refractivity contribution in [2.75, 3.05) is 23.9 Å². The number of anilines is 2. The van der Waals surface area contributed by atoms with Gasteiger partial charge in [0.1, 0.15) is 5.57 Å². The normalized spacial score (nSPS) is 14.4. The first-order valence-corrected chi connectivity index (χ1v) is 11.5. The maximum absolute atomic E-state index is 13.2. The van der Waals surface area contributed by atoms with Crippen LogP contribution >= 0.6 is 23.8 Å². The molecular formula is C26H20ClN3O5S. The van der Waals surface area contributed by atoms with E-state index in [1.165, 1.54) is 24.2 Å². The molecule has 1 aliphatic heterocycles. The molecule has 10 heteroatoms. The van der Waals surface area contributed by atoms with Crippen molar-refractivity contribution in [2.45, 2.75) is 0 Å². The minimum Gasteiger partial charge on any atom is -0.493 e. The lowest BCUT2D eigenvalue weighted by Gasteiger charge is -2.28. The number of para-hydroxylation sites is 2. The Labute approximate surface area is 217 Å². The highest BCUT2D eigenvalue weighted by molar-refractivity contribution is 7.80. The molecule has 0 unspecified atom stereocenters. The third-order valence-corrected chi connectivity index (χ3v) is 5.65. The summed E-state index contributed by atoms with van der Waals surface area (Å²) in [7, 11) is 1.41. The summed E-state index contributed by atoms with van der Waals surface area (Å²) in [5.74, 6) is -1.22. The van der Waals surface area contributed by atoms with Gasteiger partial charge in [0.05, 0.1) is 17.8 Å². The fourth-order valence-electron chi connectivity index (χ4n) is 3.46. The van der Waals surface area contributed by atoms with Crippen LogP contribution in [0.3, 0.4) is 0 Å². The van der Waals surface area contributed by atoms with Crippen molar-refractivity contribution in [1.29, 1.82) is 0 Å². The van der Waals surface area contributed by atoms with Crippen molar-refractivity contribution in [3.8, 4) is 11.5 Å². The van der Waals surface area contributed by atoms with Crippen molar-refractivity contribution >= 4 is 64.1 Å². The number of benzene rings is 3. The van der Waals surface area contributed by atoms with Crippen LogP contribution in [0.2, 0.25) is 5.02 Å². The van der Waals surface area contributed by atoms with E-state index in [1.807, 2.05) is 6.07 Å². The number of halogens is 1. The Morgan fingerprint density at radius 3 is 2.42 bits per heavy atom. The van der Waals surface area contributed by atoms with Crippen LogP contribution in [0.25, 0.3) is 6.08 Å².